The lowest BCUT2D eigenvalue weighted by atomic mass is 9.96. The number of benzene rings is 2. The largest absolute Gasteiger partial charge is 0.481 e. The minimum Gasteiger partial charge on any atom is -0.481 e. The van der Waals surface area contributed by atoms with Crippen LogP contribution in [-0.2, 0) is 11.2 Å². The Kier molecular flexibility index (Phi) is 4.68. The quantitative estimate of drug-likeness (QED) is 0.768. The Labute approximate surface area is 159 Å². The van der Waals surface area contributed by atoms with Crippen LogP contribution in [0.2, 0.25) is 0 Å². The molecular weight excluding hydrogens is 362 g/mol. The van der Waals surface area contributed by atoms with Crippen LogP contribution in [0.15, 0.2) is 57.9 Å². The normalized spacial score (nSPS) is 14.7. The molecule has 0 aromatic heterocycles. The van der Waals surface area contributed by atoms with Crippen LogP contribution in [0, 0.1) is 4.91 Å². The van der Waals surface area contributed by atoms with Crippen molar-refractivity contribution < 1.29 is 9.90 Å². The smallest absolute Gasteiger partial charge is 0.313 e. The van der Waals surface area contributed by atoms with Gasteiger partial charge in [0.15, 0.2) is 0 Å². The van der Waals surface area contributed by atoms with E-state index in [4.69, 9.17) is 5.11 Å². The fraction of sp³-hybridized carbons (Fsp3) is 0.150. The first-order valence-corrected chi connectivity index (χ1v) is 9.37. The van der Waals surface area contributed by atoms with Crippen LogP contribution >= 0.6 is 11.8 Å². The predicted molar refractivity (Wildman–Crippen MR) is 109 cm³/mol. The van der Waals surface area contributed by atoms with Gasteiger partial charge in [0.2, 0.25) is 0 Å². The summed E-state index contributed by atoms with van der Waals surface area (Å²) < 4.78 is 0. The maximum atomic E-state index is 11.2. The predicted octanol–water partition coefficient (Wildman–Crippen LogP) is 4.64. The summed E-state index contributed by atoms with van der Waals surface area (Å²) in [5.74, 6) is -0.942. The highest BCUT2D eigenvalue weighted by Gasteiger charge is 2.18. The monoisotopic (exact) mass is 377 g/mol. The fourth-order valence-corrected chi connectivity index (χ4v) is 3.78. The molecule has 1 heterocycles. The van der Waals surface area contributed by atoms with Gasteiger partial charge in [0.05, 0.1) is 11.5 Å². The van der Waals surface area contributed by atoms with E-state index in [1.54, 1.807) is 12.1 Å². The Morgan fingerprint density at radius 2 is 1.96 bits per heavy atom. The van der Waals surface area contributed by atoms with Crippen LogP contribution in [0.1, 0.15) is 23.1 Å². The number of hydrogen-bond acceptors (Lipinski definition) is 6. The van der Waals surface area contributed by atoms with Gasteiger partial charge in [0.25, 0.3) is 0 Å². The van der Waals surface area contributed by atoms with Gasteiger partial charge in [0.1, 0.15) is 10.7 Å². The van der Waals surface area contributed by atoms with E-state index in [-0.39, 0.29) is 5.75 Å². The molecule has 27 heavy (non-hydrogen) atoms. The summed E-state index contributed by atoms with van der Waals surface area (Å²) in [6, 6.07) is 11.7. The second-order valence-electron chi connectivity index (χ2n) is 6.28. The zero-order valence-corrected chi connectivity index (χ0v) is 15.1. The molecule has 0 saturated heterocycles. The summed E-state index contributed by atoms with van der Waals surface area (Å²) in [5, 5.41) is 20.8. The first-order chi connectivity index (χ1) is 13.1. The van der Waals surface area contributed by atoms with Crippen molar-refractivity contribution in [3.8, 4) is 11.1 Å². The number of carboxylic acids is 1. The lowest BCUT2D eigenvalue weighted by molar-refractivity contribution is -0.133. The number of carbonyl (C=O) groups is 1. The topological polar surface area (TPSA) is 91.5 Å². The number of hydrogen-bond donors (Lipinski definition) is 1. The Bertz CT molecular complexity index is 1040. The summed E-state index contributed by atoms with van der Waals surface area (Å²) in [6.07, 6.45) is 5.60. The van der Waals surface area contributed by atoms with E-state index < -0.39 is 5.97 Å². The number of allylic oxidation sites excluding steroid dienone is 1. The van der Waals surface area contributed by atoms with Crippen molar-refractivity contribution in [2.75, 3.05) is 5.75 Å². The molecule has 0 bridgehead atoms. The molecule has 0 amide bonds. The molecule has 0 radical (unpaired) electrons. The van der Waals surface area contributed by atoms with Gasteiger partial charge in [-0.25, -0.2) is 0 Å². The minimum atomic E-state index is -0.892. The van der Waals surface area contributed by atoms with E-state index in [0.717, 1.165) is 34.9 Å². The summed E-state index contributed by atoms with van der Waals surface area (Å²) in [4.78, 5) is 21.9. The van der Waals surface area contributed by atoms with Crippen LogP contribution in [-0.4, -0.2) is 27.6 Å². The minimum absolute atomic E-state index is 0.0496. The highest BCUT2D eigenvalue weighted by atomic mass is 32.2. The lowest BCUT2D eigenvalue weighted by Gasteiger charge is -2.09. The van der Waals surface area contributed by atoms with E-state index in [9.17, 15) is 9.70 Å². The number of aliphatic carboxylic acids is 1. The standard InChI is InChI=1S/C20H15N3O3S/c24-20(25)11-27-19-10-18(21-22-19)16-7-15(8-17(9-16)23-26)14-5-4-12-2-1-3-13(12)6-14/h1-2,4-9H,3,10-11H2,(H,24,25). The van der Waals surface area contributed by atoms with Crippen molar-refractivity contribution in [3.05, 3.63) is 64.1 Å². The van der Waals surface area contributed by atoms with Crippen LogP contribution in [0.3, 0.4) is 0 Å². The van der Waals surface area contributed by atoms with E-state index in [0.29, 0.717) is 22.9 Å². The third-order valence-corrected chi connectivity index (χ3v) is 5.38. The number of carboxylic acid groups (broad SMARTS) is 1. The number of thioether (sulfide) groups is 1. The van der Waals surface area contributed by atoms with Crippen molar-refractivity contribution in [2.45, 2.75) is 12.8 Å². The third kappa shape index (κ3) is 3.73. The van der Waals surface area contributed by atoms with Crippen molar-refractivity contribution >= 4 is 40.2 Å². The molecule has 0 fully saturated rings. The molecule has 1 N–H and O–H groups in total. The zero-order chi connectivity index (χ0) is 18.8. The number of fused-ring (bicyclic) bond motifs is 1. The molecule has 0 unspecified atom stereocenters. The van der Waals surface area contributed by atoms with Crippen LogP contribution in [0.5, 0.6) is 0 Å². The lowest BCUT2D eigenvalue weighted by Crippen LogP contribution is -2.05. The molecule has 2 aliphatic rings. The molecule has 0 spiro atoms. The number of nitrogens with zero attached hydrogens (tertiary/aromatic N) is 3. The fourth-order valence-electron chi connectivity index (χ4n) is 3.15. The zero-order valence-electron chi connectivity index (χ0n) is 14.3. The van der Waals surface area contributed by atoms with Gasteiger partial charge in [-0.2, -0.15) is 5.10 Å². The van der Waals surface area contributed by atoms with Crippen molar-refractivity contribution in [2.24, 2.45) is 15.4 Å². The van der Waals surface area contributed by atoms with Gasteiger partial charge in [-0.15, -0.1) is 10.0 Å². The molecule has 2 aromatic carbocycles. The summed E-state index contributed by atoms with van der Waals surface area (Å²) in [6.45, 7) is 0. The molecule has 4 rings (SSSR count). The van der Waals surface area contributed by atoms with Gasteiger partial charge in [-0.05, 0) is 52.1 Å². The van der Waals surface area contributed by atoms with Crippen molar-refractivity contribution in [1.29, 1.82) is 0 Å². The van der Waals surface area contributed by atoms with Crippen molar-refractivity contribution in [3.63, 3.8) is 0 Å². The number of rotatable bonds is 5. The van der Waals surface area contributed by atoms with Crippen LogP contribution < -0.4 is 0 Å². The Balaban J connectivity index is 1.61. The summed E-state index contributed by atoms with van der Waals surface area (Å²) in [5.41, 5.74) is 6.20. The van der Waals surface area contributed by atoms with E-state index in [1.165, 1.54) is 11.1 Å². The molecule has 1 aliphatic carbocycles. The SMILES string of the molecule is O=Nc1cc(C2=NN=C(SCC(=O)O)C2)cc(-c2ccc3c(c2)CC=C3)c1. The van der Waals surface area contributed by atoms with Gasteiger partial charge in [-0.1, -0.05) is 42.1 Å². The van der Waals surface area contributed by atoms with Gasteiger partial charge in [-0.3, -0.25) is 4.79 Å². The second kappa shape index (κ2) is 7.28. The second-order valence-corrected chi connectivity index (χ2v) is 7.33. The highest BCUT2D eigenvalue weighted by molar-refractivity contribution is 8.14. The third-order valence-electron chi connectivity index (χ3n) is 4.43. The van der Waals surface area contributed by atoms with E-state index >= 15 is 0 Å². The average molecular weight is 377 g/mol. The van der Waals surface area contributed by atoms with Crippen molar-refractivity contribution in [1.82, 2.24) is 0 Å². The molecule has 0 atom stereocenters. The van der Waals surface area contributed by atoms with Gasteiger partial charge >= 0.3 is 5.97 Å². The molecule has 6 nitrogen and oxygen atoms in total. The molecular formula is C20H15N3O3S. The molecule has 1 aliphatic heterocycles. The first-order valence-electron chi connectivity index (χ1n) is 8.39. The van der Waals surface area contributed by atoms with Crippen LogP contribution in [0.4, 0.5) is 5.69 Å². The Hall–Kier alpha value is -3.06. The summed E-state index contributed by atoms with van der Waals surface area (Å²) >= 11 is 1.16. The maximum Gasteiger partial charge on any atom is 0.313 e. The molecule has 0 saturated carbocycles. The van der Waals surface area contributed by atoms with E-state index in [1.807, 2.05) is 12.1 Å². The van der Waals surface area contributed by atoms with Gasteiger partial charge in [0, 0.05) is 12.0 Å². The maximum absolute atomic E-state index is 11.2. The highest BCUT2D eigenvalue weighted by Crippen LogP contribution is 2.31. The molecule has 2 aromatic rings. The Morgan fingerprint density at radius 1 is 1.11 bits per heavy atom. The Morgan fingerprint density at radius 3 is 2.78 bits per heavy atom. The van der Waals surface area contributed by atoms with Gasteiger partial charge < -0.3 is 5.11 Å². The molecule has 7 heteroatoms. The number of nitroso groups, excluding NO2 is 1. The molecule has 134 valence electrons. The first kappa shape index (κ1) is 17.4. The average Bonchev–Trinajstić information content (AvgIpc) is 3.34. The van der Waals surface area contributed by atoms with Crippen LogP contribution in [0.25, 0.3) is 17.2 Å². The van der Waals surface area contributed by atoms with E-state index in [2.05, 4.69) is 39.7 Å². The summed E-state index contributed by atoms with van der Waals surface area (Å²) in [7, 11) is 0.